The van der Waals surface area contributed by atoms with Gasteiger partial charge in [0, 0.05) is 38.6 Å². The van der Waals surface area contributed by atoms with Gasteiger partial charge in [0.1, 0.15) is 0 Å². The molecule has 2 aliphatic rings. The molecule has 0 bridgehead atoms. The van der Waals surface area contributed by atoms with Gasteiger partial charge in [-0.25, -0.2) is 9.97 Å². The SMILES string of the molecule is O=C(CN1CC(c2nc(-c3ncccn3)no2)C1)N1CCCC1. The number of carbonyl (C=O) groups is 1. The maximum Gasteiger partial charge on any atom is 0.240 e. The van der Waals surface area contributed by atoms with Gasteiger partial charge in [-0.3, -0.25) is 9.69 Å². The van der Waals surface area contributed by atoms with E-state index in [9.17, 15) is 4.79 Å². The summed E-state index contributed by atoms with van der Waals surface area (Å²) < 4.78 is 5.31. The molecule has 4 rings (SSSR count). The highest BCUT2D eigenvalue weighted by atomic mass is 16.5. The van der Waals surface area contributed by atoms with E-state index in [0.29, 0.717) is 24.1 Å². The van der Waals surface area contributed by atoms with Crippen molar-refractivity contribution in [1.29, 1.82) is 0 Å². The van der Waals surface area contributed by atoms with Crippen molar-refractivity contribution in [3.63, 3.8) is 0 Å². The Kier molecular flexibility index (Phi) is 3.74. The van der Waals surface area contributed by atoms with Crippen LogP contribution in [0.2, 0.25) is 0 Å². The number of aromatic nitrogens is 4. The van der Waals surface area contributed by atoms with E-state index in [1.54, 1.807) is 18.5 Å². The molecule has 2 saturated heterocycles. The molecule has 0 atom stereocenters. The van der Waals surface area contributed by atoms with Crippen LogP contribution in [0.1, 0.15) is 24.7 Å². The minimum absolute atomic E-state index is 0.186. The van der Waals surface area contributed by atoms with Crippen LogP contribution in [-0.2, 0) is 4.79 Å². The van der Waals surface area contributed by atoms with Crippen molar-refractivity contribution < 1.29 is 9.32 Å². The van der Waals surface area contributed by atoms with Gasteiger partial charge < -0.3 is 9.42 Å². The smallest absolute Gasteiger partial charge is 0.240 e. The van der Waals surface area contributed by atoms with Crippen LogP contribution in [0.4, 0.5) is 0 Å². The summed E-state index contributed by atoms with van der Waals surface area (Å²) in [7, 11) is 0. The molecule has 0 saturated carbocycles. The average molecular weight is 314 g/mol. The van der Waals surface area contributed by atoms with E-state index in [1.165, 1.54) is 0 Å². The highest BCUT2D eigenvalue weighted by Gasteiger charge is 2.34. The Morgan fingerprint density at radius 1 is 1.17 bits per heavy atom. The molecule has 0 N–H and O–H groups in total. The van der Waals surface area contributed by atoms with E-state index in [0.717, 1.165) is 39.0 Å². The van der Waals surface area contributed by atoms with Crippen molar-refractivity contribution in [2.45, 2.75) is 18.8 Å². The molecular formula is C15H18N6O2. The second kappa shape index (κ2) is 6.04. The lowest BCUT2D eigenvalue weighted by Gasteiger charge is -2.37. The summed E-state index contributed by atoms with van der Waals surface area (Å²) >= 11 is 0. The van der Waals surface area contributed by atoms with Gasteiger partial charge >= 0.3 is 0 Å². The summed E-state index contributed by atoms with van der Waals surface area (Å²) in [6, 6.07) is 1.74. The van der Waals surface area contributed by atoms with Crippen molar-refractivity contribution >= 4 is 5.91 Å². The second-order valence-corrected chi connectivity index (χ2v) is 6.01. The Bertz CT molecular complexity index is 676. The number of carbonyl (C=O) groups excluding carboxylic acids is 1. The Morgan fingerprint density at radius 3 is 2.65 bits per heavy atom. The van der Waals surface area contributed by atoms with Crippen LogP contribution in [-0.4, -0.2) is 68.5 Å². The number of hydrogen-bond acceptors (Lipinski definition) is 7. The first-order valence-electron chi connectivity index (χ1n) is 7.91. The van der Waals surface area contributed by atoms with E-state index < -0.39 is 0 Å². The Hall–Kier alpha value is -2.35. The monoisotopic (exact) mass is 314 g/mol. The Labute approximate surface area is 133 Å². The third-order valence-electron chi connectivity index (χ3n) is 4.33. The number of hydrogen-bond donors (Lipinski definition) is 0. The molecule has 2 aromatic heterocycles. The molecule has 0 aliphatic carbocycles. The maximum absolute atomic E-state index is 12.1. The quantitative estimate of drug-likeness (QED) is 0.814. The number of rotatable bonds is 4. The Balaban J connectivity index is 1.32. The lowest BCUT2D eigenvalue weighted by atomic mass is 10.0. The first-order chi connectivity index (χ1) is 11.3. The van der Waals surface area contributed by atoms with Crippen molar-refractivity contribution in [1.82, 2.24) is 29.9 Å². The van der Waals surface area contributed by atoms with Crippen LogP contribution in [0.25, 0.3) is 11.6 Å². The molecule has 8 nitrogen and oxygen atoms in total. The standard InChI is InChI=1S/C15H18N6O2/c22-12(21-6-1-2-7-21)10-20-8-11(9-20)15-18-14(19-23-15)13-16-4-3-5-17-13/h3-5,11H,1-2,6-10H2. The van der Waals surface area contributed by atoms with Crippen LogP contribution in [0.5, 0.6) is 0 Å². The second-order valence-electron chi connectivity index (χ2n) is 6.01. The molecule has 23 heavy (non-hydrogen) atoms. The predicted molar refractivity (Wildman–Crippen MR) is 80.3 cm³/mol. The molecular weight excluding hydrogens is 296 g/mol. The third-order valence-corrected chi connectivity index (χ3v) is 4.33. The first-order valence-corrected chi connectivity index (χ1v) is 7.91. The van der Waals surface area contributed by atoms with Crippen molar-refractivity contribution in [3.05, 3.63) is 24.4 Å². The van der Waals surface area contributed by atoms with Crippen LogP contribution >= 0.6 is 0 Å². The van der Waals surface area contributed by atoms with Crippen molar-refractivity contribution in [2.75, 3.05) is 32.7 Å². The fourth-order valence-electron chi connectivity index (χ4n) is 3.02. The van der Waals surface area contributed by atoms with Gasteiger partial charge in [0.15, 0.2) is 0 Å². The van der Waals surface area contributed by atoms with Gasteiger partial charge in [-0.05, 0) is 18.9 Å². The number of likely N-dealkylation sites (tertiary alicyclic amines) is 2. The molecule has 0 spiro atoms. The highest BCUT2D eigenvalue weighted by Crippen LogP contribution is 2.26. The summed E-state index contributed by atoms with van der Waals surface area (Å²) in [6.45, 7) is 3.84. The summed E-state index contributed by atoms with van der Waals surface area (Å²) in [5.41, 5.74) is 0. The third kappa shape index (κ3) is 2.94. The predicted octanol–water partition coefficient (Wildman–Crippen LogP) is 0.548. The molecule has 0 radical (unpaired) electrons. The van der Waals surface area contributed by atoms with E-state index in [1.807, 2.05) is 4.90 Å². The van der Waals surface area contributed by atoms with E-state index in [2.05, 4.69) is 25.0 Å². The van der Waals surface area contributed by atoms with Gasteiger partial charge in [-0.1, -0.05) is 5.16 Å². The lowest BCUT2D eigenvalue weighted by Crippen LogP contribution is -2.50. The van der Waals surface area contributed by atoms with Gasteiger partial charge in [-0.15, -0.1) is 0 Å². The van der Waals surface area contributed by atoms with Crippen LogP contribution < -0.4 is 0 Å². The fourth-order valence-corrected chi connectivity index (χ4v) is 3.02. The molecule has 120 valence electrons. The normalized spacial score (nSPS) is 19.0. The maximum atomic E-state index is 12.1. The zero-order valence-electron chi connectivity index (χ0n) is 12.8. The summed E-state index contributed by atoms with van der Waals surface area (Å²) in [4.78, 5) is 28.7. The molecule has 2 aromatic rings. The largest absolute Gasteiger partial charge is 0.342 e. The van der Waals surface area contributed by atoms with Crippen molar-refractivity contribution in [3.8, 4) is 11.6 Å². The molecule has 2 fully saturated rings. The molecule has 2 aliphatic heterocycles. The molecule has 8 heteroatoms. The van der Waals surface area contributed by atoms with Crippen LogP contribution in [0, 0.1) is 0 Å². The molecule has 0 aromatic carbocycles. The summed E-state index contributed by atoms with van der Waals surface area (Å²) in [6.07, 6.45) is 5.54. The molecule has 0 unspecified atom stereocenters. The number of nitrogens with zero attached hydrogens (tertiary/aromatic N) is 6. The fraction of sp³-hybridized carbons (Fsp3) is 0.533. The number of amides is 1. The highest BCUT2D eigenvalue weighted by molar-refractivity contribution is 5.78. The topological polar surface area (TPSA) is 88.2 Å². The van der Waals surface area contributed by atoms with Gasteiger partial charge in [0.2, 0.25) is 23.4 Å². The minimum Gasteiger partial charge on any atom is -0.342 e. The minimum atomic E-state index is 0.186. The van der Waals surface area contributed by atoms with Crippen LogP contribution in [0.15, 0.2) is 23.0 Å². The molecule has 1 amide bonds. The summed E-state index contributed by atoms with van der Waals surface area (Å²) in [5.74, 6) is 1.88. The van der Waals surface area contributed by atoms with E-state index in [4.69, 9.17) is 4.52 Å². The zero-order valence-corrected chi connectivity index (χ0v) is 12.8. The molecule has 4 heterocycles. The van der Waals surface area contributed by atoms with Gasteiger partial charge in [0.25, 0.3) is 0 Å². The zero-order chi connectivity index (χ0) is 15.6. The average Bonchev–Trinajstić information content (AvgIpc) is 3.22. The van der Waals surface area contributed by atoms with Crippen molar-refractivity contribution in [2.24, 2.45) is 0 Å². The summed E-state index contributed by atoms with van der Waals surface area (Å²) in [5, 5.41) is 3.93. The van der Waals surface area contributed by atoms with Gasteiger partial charge in [0.05, 0.1) is 12.5 Å². The van der Waals surface area contributed by atoms with E-state index >= 15 is 0 Å². The van der Waals surface area contributed by atoms with E-state index in [-0.39, 0.29) is 11.8 Å². The van der Waals surface area contributed by atoms with Crippen LogP contribution in [0.3, 0.4) is 0 Å². The Morgan fingerprint density at radius 2 is 1.91 bits per heavy atom. The van der Waals surface area contributed by atoms with Gasteiger partial charge in [-0.2, -0.15) is 4.98 Å². The first kappa shape index (κ1) is 14.3. The lowest BCUT2D eigenvalue weighted by molar-refractivity contribution is -0.132.